The average molecular weight is 564 g/mol. The molecule has 182 valence electrons. The molecule has 8 nitrogen and oxygen atoms in total. The van der Waals surface area contributed by atoms with Gasteiger partial charge in [-0.05, 0) is 70.9 Å². The zero-order valence-corrected chi connectivity index (χ0v) is 21.6. The molecule has 0 aliphatic carbocycles. The number of hydrogen-bond acceptors (Lipinski definition) is 7. The molecule has 1 heterocycles. The molecule has 36 heavy (non-hydrogen) atoms. The lowest BCUT2D eigenvalue weighted by Gasteiger charge is -2.06. The number of aromatic nitrogens is 1. The maximum atomic E-state index is 12.5. The number of aryl methyl sites for hydroxylation is 1. The minimum atomic E-state index is -0.560. The third-order valence-electron chi connectivity index (χ3n) is 4.96. The number of amides is 2. The number of anilines is 2. The van der Waals surface area contributed by atoms with Gasteiger partial charge in [0.05, 0.1) is 16.4 Å². The van der Waals surface area contributed by atoms with Crippen LogP contribution in [0.25, 0.3) is 11.3 Å². The number of nitrogens with one attached hydrogen (secondary N) is 2. The molecule has 0 fully saturated rings. The van der Waals surface area contributed by atoms with Crippen molar-refractivity contribution >= 4 is 56.1 Å². The van der Waals surface area contributed by atoms with Crippen molar-refractivity contribution in [1.29, 1.82) is 0 Å². The fourth-order valence-corrected chi connectivity index (χ4v) is 4.36. The monoisotopic (exact) mass is 563 g/mol. The summed E-state index contributed by atoms with van der Waals surface area (Å²) in [6, 6.07) is 20.4. The van der Waals surface area contributed by atoms with Gasteiger partial charge in [-0.15, -0.1) is 11.3 Å². The van der Waals surface area contributed by atoms with E-state index in [0.717, 1.165) is 27.6 Å². The summed E-state index contributed by atoms with van der Waals surface area (Å²) in [5.41, 5.74) is 12.7. The first-order valence-corrected chi connectivity index (χ1v) is 12.5. The van der Waals surface area contributed by atoms with E-state index < -0.39 is 5.91 Å². The molecule has 0 saturated heterocycles. The molecule has 4 rings (SSSR count). The standard InChI is InChI=1S/C26H22BrN5O3S/c1-16-2-9-20(10-3-16)30-26-31-22(15-36-26)18-5-7-19(8-6-18)25(34)32-29-13-17-4-11-23(21(27)12-17)35-14-24(28)33/h2-13,15H,14H2,1H3,(H2,28,33)(H,30,31)(H,32,34)/b29-13+. The van der Waals surface area contributed by atoms with Crippen molar-refractivity contribution in [3.8, 4) is 17.0 Å². The number of nitrogens with zero attached hydrogens (tertiary/aromatic N) is 2. The Labute approximate surface area is 220 Å². The Morgan fingerprint density at radius 2 is 1.86 bits per heavy atom. The smallest absolute Gasteiger partial charge is 0.271 e. The summed E-state index contributed by atoms with van der Waals surface area (Å²) >= 11 is 4.88. The van der Waals surface area contributed by atoms with Crippen molar-refractivity contribution in [2.24, 2.45) is 10.8 Å². The number of ether oxygens (including phenoxy) is 1. The lowest BCUT2D eigenvalue weighted by molar-refractivity contribution is -0.119. The number of carbonyl (C=O) groups is 2. The van der Waals surface area contributed by atoms with Crippen LogP contribution in [0.4, 0.5) is 10.8 Å². The maximum Gasteiger partial charge on any atom is 0.271 e. The zero-order valence-electron chi connectivity index (χ0n) is 19.2. The van der Waals surface area contributed by atoms with Crippen molar-refractivity contribution in [2.75, 3.05) is 11.9 Å². The first-order valence-electron chi connectivity index (χ1n) is 10.8. The molecule has 10 heteroatoms. The number of carbonyl (C=O) groups excluding carboxylic acids is 2. The molecule has 0 bridgehead atoms. The second kappa shape index (κ2) is 11.6. The van der Waals surface area contributed by atoms with E-state index in [0.29, 0.717) is 15.8 Å². The van der Waals surface area contributed by atoms with Crippen molar-refractivity contribution in [3.63, 3.8) is 0 Å². The molecule has 1 aromatic heterocycles. The van der Waals surface area contributed by atoms with E-state index in [-0.39, 0.29) is 12.5 Å². The third kappa shape index (κ3) is 6.77. The number of nitrogens with two attached hydrogens (primary N) is 1. The highest BCUT2D eigenvalue weighted by Crippen LogP contribution is 2.28. The van der Waals surface area contributed by atoms with E-state index in [1.165, 1.54) is 23.1 Å². The fourth-order valence-electron chi connectivity index (χ4n) is 3.11. The van der Waals surface area contributed by atoms with Gasteiger partial charge in [-0.3, -0.25) is 9.59 Å². The molecule has 0 atom stereocenters. The molecule has 0 saturated carbocycles. The molecular formula is C26H22BrN5O3S. The van der Waals surface area contributed by atoms with Crippen LogP contribution in [0.3, 0.4) is 0 Å². The van der Waals surface area contributed by atoms with Gasteiger partial charge in [-0.2, -0.15) is 5.10 Å². The SMILES string of the molecule is Cc1ccc(Nc2nc(-c3ccc(C(=O)N/N=C/c4ccc(OCC(N)=O)c(Br)c4)cc3)cs2)cc1. The van der Waals surface area contributed by atoms with Gasteiger partial charge in [0.15, 0.2) is 11.7 Å². The van der Waals surface area contributed by atoms with Crippen LogP contribution in [0.5, 0.6) is 5.75 Å². The van der Waals surface area contributed by atoms with Crippen molar-refractivity contribution in [2.45, 2.75) is 6.92 Å². The van der Waals surface area contributed by atoms with Crippen LogP contribution in [0.15, 0.2) is 81.7 Å². The van der Waals surface area contributed by atoms with Crippen molar-refractivity contribution < 1.29 is 14.3 Å². The Kier molecular flexibility index (Phi) is 8.09. The molecule has 0 aliphatic rings. The number of halogens is 1. The van der Waals surface area contributed by atoms with E-state index in [2.05, 4.69) is 36.8 Å². The van der Waals surface area contributed by atoms with E-state index >= 15 is 0 Å². The molecule has 0 unspecified atom stereocenters. The van der Waals surface area contributed by atoms with Gasteiger partial charge in [0, 0.05) is 22.2 Å². The normalized spacial score (nSPS) is 10.8. The van der Waals surface area contributed by atoms with Crippen LogP contribution in [0.2, 0.25) is 0 Å². The molecule has 4 N–H and O–H groups in total. The van der Waals surface area contributed by atoms with Crippen LogP contribution in [0, 0.1) is 6.92 Å². The number of benzene rings is 3. The molecule has 0 spiro atoms. The van der Waals surface area contributed by atoms with Crippen LogP contribution in [0.1, 0.15) is 21.5 Å². The molecule has 0 aliphatic heterocycles. The summed E-state index contributed by atoms with van der Waals surface area (Å²) in [5, 5.41) is 10.1. The largest absolute Gasteiger partial charge is 0.483 e. The summed E-state index contributed by atoms with van der Waals surface area (Å²) in [5.74, 6) is -0.415. The van der Waals surface area contributed by atoms with Crippen LogP contribution in [-0.4, -0.2) is 29.6 Å². The summed E-state index contributed by atoms with van der Waals surface area (Å²) in [6.07, 6.45) is 1.51. The molecule has 3 aromatic carbocycles. The van der Waals surface area contributed by atoms with Gasteiger partial charge < -0.3 is 15.8 Å². The van der Waals surface area contributed by atoms with E-state index in [9.17, 15) is 9.59 Å². The predicted molar refractivity (Wildman–Crippen MR) is 146 cm³/mol. The second-order valence-electron chi connectivity index (χ2n) is 7.75. The van der Waals surface area contributed by atoms with Crippen LogP contribution < -0.4 is 21.2 Å². The number of hydrazone groups is 1. The topological polar surface area (TPSA) is 119 Å². The summed E-state index contributed by atoms with van der Waals surface area (Å²) in [6.45, 7) is 1.83. The minimum Gasteiger partial charge on any atom is -0.483 e. The third-order valence-corrected chi connectivity index (χ3v) is 6.33. The highest BCUT2D eigenvalue weighted by atomic mass is 79.9. The first-order chi connectivity index (χ1) is 17.4. The van der Waals surface area contributed by atoms with Crippen molar-refractivity contribution in [1.82, 2.24) is 10.4 Å². The van der Waals surface area contributed by atoms with Gasteiger partial charge >= 0.3 is 0 Å². The van der Waals surface area contributed by atoms with Gasteiger partial charge in [0.2, 0.25) is 0 Å². The van der Waals surface area contributed by atoms with Crippen LogP contribution in [-0.2, 0) is 4.79 Å². The van der Waals surface area contributed by atoms with Crippen LogP contribution >= 0.6 is 27.3 Å². The van der Waals surface area contributed by atoms with E-state index in [1.54, 1.807) is 30.3 Å². The number of hydrogen-bond donors (Lipinski definition) is 3. The Morgan fingerprint density at radius 3 is 2.56 bits per heavy atom. The summed E-state index contributed by atoms with van der Waals surface area (Å²) in [7, 11) is 0. The predicted octanol–water partition coefficient (Wildman–Crippen LogP) is 5.25. The fraction of sp³-hybridized carbons (Fsp3) is 0.0769. The lowest BCUT2D eigenvalue weighted by Crippen LogP contribution is -2.20. The Hall–Kier alpha value is -4.02. The van der Waals surface area contributed by atoms with Gasteiger partial charge in [-0.25, -0.2) is 10.4 Å². The first kappa shape index (κ1) is 25.1. The minimum absolute atomic E-state index is 0.213. The number of primary amides is 1. The highest BCUT2D eigenvalue weighted by Gasteiger charge is 2.09. The molecule has 0 radical (unpaired) electrons. The Morgan fingerprint density at radius 1 is 1.11 bits per heavy atom. The van der Waals surface area contributed by atoms with Gasteiger partial charge in [0.1, 0.15) is 5.75 Å². The maximum absolute atomic E-state index is 12.5. The summed E-state index contributed by atoms with van der Waals surface area (Å²) < 4.78 is 5.92. The Bertz CT molecular complexity index is 1400. The average Bonchev–Trinajstić information content (AvgIpc) is 3.33. The van der Waals surface area contributed by atoms with E-state index in [1.807, 2.05) is 48.7 Å². The van der Waals surface area contributed by atoms with Crippen molar-refractivity contribution in [3.05, 3.63) is 93.3 Å². The molecule has 2 amide bonds. The van der Waals surface area contributed by atoms with Gasteiger partial charge in [-0.1, -0.05) is 29.8 Å². The quantitative estimate of drug-likeness (QED) is 0.190. The number of rotatable bonds is 9. The number of thiazole rings is 1. The molecular weight excluding hydrogens is 542 g/mol. The van der Waals surface area contributed by atoms with E-state index in [4.69, 9.17) is 10.5 Å². The second-order valence-corrected chi connectivity index (χ2v) is 9.46. The molecule has 4 aromatic rings. The zero-order chi connectivity index (χ0) is 25.5. The highest BCUT2D eigenvalue weighted by molar-refractivity contribution is 9.10. The van der Waals surface area contributed by atoms with Gasteiger partial charge in [0.25, 0.3) is 11.8 Å². The summed E-state index contributed by atoms with van der Waals surface area (Å²) in [4.78, 5) is 27.9. The lowest BCUT2D eigenvalue weighted by atomic mass is 10.1. The Balaban J connectivity index is 1.33.